The highest BCUT2D eigenvalue weighted by atomic mass is 19.1. The quantitative estimate of drug-likeness (QED) is 0.618. The van der Waals surface area contributed by atoms with E-state index in [2.05, 4.69) is 15.2 Å². The molecule has 0 saturated carbocycles. The Morgan fingerprint density at radius 2 is 1.97 bits per heavy atom. The second kappa shape index (κ2) is 9.86. The third-order valence-corrected chi connectivity index (χ3v) is 4.62. The van der Waals surface area contributed by atoms with E-state index < -0.39 is 0 Å². The van der Waals surface area contributed by atoms with Crippen LogP contribution in [-0.2, 0) is 11.3 Å². The third kappa shape index (κ3) is 5.66. The summed E-state index contributed by atoms with van der Waals surface area (Å²) in [4.78, 5) is 24.5. The summed E-state index contributed by atoms with van der Waals surface area (Å²) in [5.74, 6) is 1.31. The highest BCUT2D eigenvalue weighted by molar-refractivity contribution is 5.80. The van der Waals surface area contributed by atoms with Crippen molar-refractivity contribution in [3.8, 4) is 11.6 Å². The van der Waals surface area contributed by atoms with Gasteiger partial charge in [0.2, 0.25) is 11.8 Å². The molecule has 2 heterocycles. The van der Waals surface area contributed by atoms with E-state index in [4.69, 9.17) is 9.73 Å². The van der Waals surface area contributed by atoms with E-state index in [1.165, 1.54) is 12.1 Å². The molecule has 3 rings (SSSR count). The van der Waals surface area contributed by atoms with Gasteiger partial charge in [-0.2, -0.15) is 0 Å². The van der Waals surface area contributed by atoms with E-state index in [-0.39, 0.29) is 11.7 Å². The molecular weight excluding hydrogens is 373 g/mol. The van der Waals surface area contributed by atoms with Crippen LogP contribution >= 0.6 is 0 Å². The summed E-state index contributed by atoms with van der Waals surface area (Å²) in [6, 6.07) is 9.67. The maximum atomic E-state index is 13.4. The lowest BCUT2D eigenvalue weighted by atomic mass is 10.2. The Bertz CT molecular complexity index is 866. The molecule has 29 heavy (non-hydrogen) atoms. The lowest BCUT2D eigenvalue weighted by Crippen LogP contribution is -2.53. The fourth-order valence-corrected chi connectivity index (χ4v) is 3.10. The minimum Gasteiger partial charge on any atom is -0.439 e. The highest BCUT2D eigenvalue weighted by Crippen LogP contribution is 2.24. The predicted molar refractivity (Wildman–Crippen MR) is 109 cm³/mol. The number of halogens is 1. The first-order valence-electron chi connectivity index (χ1n) is 9.73. The molecule has 1 aliphatic rings. The Hall–Kier alpha value is -3.16. The summed E-state index contributed by atoms with van der Waals surface area (Å²) in [5, 5.41) is 3.30. The van der Waals surface area contributed by atoms with Crippen LogP contribution in [0.2, 0.25) is 0 Å². The van der Waals surface area contributed by atoms with Crippen LogP contribution in [0.4, 0.5) is 4.39 Å². The molecule has 1 saturated heterocycles. The molecule has 0 unspecified atom stereocenters. The summed E-state index contributed by atoms with van der Waals surface area (Å²) in [7, 11) is 0. The second-order valence-electron chi connectivity index (χ2n) is 6.69. The number of pyridine rings is 1. The van der Waals surface area contributed by atoms with Crippen LogP contribution < -0.4 is 10.1 Å². The molecular formula is C21H26FN5O2. The van der Waals surface area contributed by atoms with Gasteiger partial charge in [-0.25, -0.2) is 14.4 Å². The van der Waals surface area contributed by atoms with Gasteiger partial charge in [0.1, 0.15) is 11.6 Å². The number of amides is 1. The summed E-state index contributed by atoms with van der Waals surface area (Å²) >= 11 is 0. The second-order valence-corrected chi connectivity index (χ2v) is 6.69. The number of carbonyl (C=O) groups excluding carboxylic acids is 1. The third-order valence-electron chi connectivity index (χ3n) is 4.62. The number of aromatic nitrogens is 1. The van der Waals surface area contributed by atoms with Crippen molar-refractivity contribution in [3.63, 3.8) is 0 Å². The average molecular weight is 399 g/mol. The number of ether oxygens (including phenoxy) is 1. The number of aliphatic imine (C=N–C) groups is 1. The van der Waals surface area contributed by atoms with E-state index >= 15 is 0 Å². The monoisotopic (exact) mass is 399 g/mol. The van der Waals surface area contributed by atoms with Crippen LogP contribution in [0, 0.1) is 5.82 Å². The van der Waals surface area contributed by atoms with Gasteiger partial charge in [-0.05, 0) is 25.1 Å². The number of rotatable bonds is 5. The summed E-state index contributed by atoms with van der Waals surface area (Å²) in [6.45, 7) is 7.54. The first-order chi connectivity index (χ1) is 14.1. The molecule has 0 atom stereocenters. The zero-order valence-corrected chi connectivity index (χ0v) is 16.8. The van der Waals surface area contributed by atoms with Gasteiger partial charge >= 0.3 is 0 Å². The van der Waals surface area contributed by atoms with Crippen molar-refractivity contribution in [2.45, 2.75) is 20.4 Å². The molecule has 1 aliphatic heterocycles. The molecule has 0 radical (unpaired) electrons. The highest BCUT2D eigenvalue weighted by Gasteiger charge is 2.21. The average Bonchev–Trinajstić information content (AvgIpc) is 2.72. The smallest absolute Gasteiger partial charge is 0.224 e. The van der Waals surface area contributed by atoms with Crippen LogP contribution in [0.25, 0.3) is 0 Å². The molecule has 1 fully saturated rings. The fourth-order valence-electron chi connectivity index (χ4n) is 3.10. The molecule has 154 valence electrons. The number of nitrogens with zero attached hydrogens (tertiary/aromatic N) is 4. The van der Waals surface area contributed by atoms with Crippen LogP contribution in [0.15, 0.2) is 47.6 Å². The Balaban J connectivity index is 1.72. The number of hydrogen-bond acceptors (Lipinski definition) is 4. The first kappa shape index (κ1) is 20.6. The van der Waals surface area contributed by atoms with Gasteiger partial charge in [0.25, 0.3) is 0 Å². The minimum atomic E-state index is -0.364. The SMILES string of the molecule is CCNC(=NCc1cccnc1Oc1cccc(F)c1)N1CCN(C(C)=O)CC1. The van der Waals surface area contributed by atoms with Gasteiger partial charge in [0, 0.05) is 57.5 Å². The Morgan fingerprint density at radius 1 is 1.21 bits per heavy atom. The van der Waals surface area contributed by atoms with Gasteiger partial charge < -0.3 is 19.9 Å². The topological polar surface area (TPSA) is 70.1 Å². The lowest BCUT2D eigenvalue weighted by molar-refractivity contribution is -0.130. The number of guanidine groups is 1. The first-order valence-corrected chi connectivity index (χ1v) is 9.73. The van der Waals surface area contributed by atoms with E-state index in [1.807, 2.05) is 24.0 Å². The van der Waals surface area contributed by atoms with Crippen molar-refractivity contribution in [2.24, 2.45) is 4.99 Å². The van der Waals surface area contributed by atoms with Crippen molar-refractivity contribution >= 4 is 11.9 Å². The molecule has 7 nitrogen and oxygen atoms in total. The van der Waals surface area contributed by atoms with Crippen molar-refractivity contribution in [3.05, 3.63) is 54.0 Å². The van der Waals surface area contributed by atoms with E-state index in [0.717, 1.165) is 31.2 Å². The Kier molecular flexibility index (Phi) is 6.99. The molecule has 0 aliphatic carbocycles. The molecule has 0 spiro atoms. The molecule has 1 amide bonds. The fraction of sp³-hybridized carbons (Fsp3) is 0.381. The number of benzene rings is 1. The Labute approximate surface area is 170 Å². The van der Waals surface area contributed by atoms with Crippen LogP contribution in [0.3, 0.4) is 0 Å². The van der Waals surface area contributed by atoms with Gasteiger partial charge in [0.15, 0.2) is 5.96 Å². The normalized spacial score (nSPS) is 14.7. The largest absolute Gasteiger partial charge is 0.439 e. The lowest BCUT2D eigenvalue weighted by Gasteiger charge is -2.36. The molecule has 2 aromatic rings. The Morgan fingerprint density at radius 3 is 2.66 bits per heavy atom. The van der Waals surface area contributed by atoms with E-state index in [0.29, 0.717) is 31.3 Å². The van der Waals surface area contributed by atoms with Crippen LogP contribution in [0.5, 0.6) is 11.6 Å². The molecule has 1 N–H and O–H groups in total. The summed E-state index contributed by atoms with van der Waals surface area (Å²) in [6.07, 6.45) is 1.63. The molecule has 1 aromatic heterocycles. The molecule has 0 bridgehead atoms. The van der Waals surface area contributed by atoms with Crippen molar-refractivity contribution in [1.82, 2.24) is 20.1 Å². The standard InChI is InChI=1S/C21H26FN5O2/c1-3-23-21(27-12-10-26(11-13-27)16(2)28)25-15-17-6-5-9-24-20(17)29-19-8-4-7-18(22)14-19/h4-9,14H,3,10-13,15H2,1-2H3,(H,23,25). The molecule has 1 aromatic carbocycles. The number of piperazine rings is 1. The predicted octanol–water partition coefficient (Wildman–Crippen LogP) is 2.64. The zero-order valence-electron chi connectivity index (χ0n) is 16.8. The maximum Gasteiger partial charge on any atom is 0.224 e. The van der Waals surface area contributed by atoms with E-state index in [9.17, 15) is 9.18 Å². The summed E-state index contributed by atoms with van der Waals surface area (Å²) in [5.41, 5.74) is 0.800. The van der Waals surface area contributed by atoms with Gasteiger partial charge in [-0.3, -0.25) is 4.79 Å². The van der Waals surface area contributed by atoms with Crippen LogP contribution in [0.1, 0.15) is 19.4 Å². The van der Waals surface area contributed by atoms with Gasteiger partial charge in [0.05, 0.1) is 6.54 Å². The van der Waals surface area contributed by atoms with E-state index in [1.54, 1.807) is 25.3 Å². The zero-order chi connectivity index (χ0) is 20.6. The van der Waals surface area contributed by atoms with Crippen molar-refractivity contribution in [2.75, 3.05) is 32.7 Å². The number of carbonyl (C=O) groups is 1. The van der Waals surface area contributed by atoms with Crippen molar-refractivity contribution in [1.29, 1.82) is 0 Å². The summed E-state index contributed by atoms with van der Waals surface area (Å²) < 4.78 is 19.2. The number of hydrogen-bond donors (Lipinski definition) is 1. The van der Waals surface area contributed by atoms with Crippen LogP contribution in [-0.4, -0.2) is 59.4 Å². The molecule has 8 heteroatoms. The van der Waals surface area contributed by atoms with Crippen molar-refractivity contribution < 1.29 is 13.9 Å². The van der Waals surface area contributed by atoms with Gasteiger partial charge in [-0.15, -0.1) is 0 Å². The number of nitrogens with one attached hydrogen (secondary N) is 1. The maximum absolute atomic E-state index is 13.4. The minimum absolute atomic E-state index is 0.0982. The van der Waals surface area contributed by atoms with Gasteiger partial charge in [-0.1, -0.05) is 12.1 Å².